The van der Waals surface area contributed by atoms with Crippen molar-refractivity contribution < 1.29 is 23.8 Å². The second-order valence-electron chi connectivity index (χ2n) is 8.80. The number of carbonyl (C=O) groups is 2. The quantitative estimate of drug-likeness (QED) is 0.407. The van der Waals surface area contributed by atoms with Crippen LogP contribution in [-0.2, 0) is 6.42 Å². The standard InChI is InChI=1S/C27H24FN3O4/c1-15-3-8-26-29-13-23(31(26)14-15)27(34)30-22-9-17(5-7-21(22)28)24(32)12-20-19-11-18(35-2)6-4-16(19)10-25(20)33/h3-9,11,13-14,20,25,33H,10,12H2,1-2H3,(H,30,34)/t20-,25+/m1/s1. The Morgan fingerprint density at radius 3 is 2.83 bits per heavy atom. The number of carbonyl (C=O) groups excluding carboxylic acids is 2. The van der Waals surface area contributed by atoms with Crippen molar-refractivity contribution in [1.82, 2.24) is 9.38 Å². The van der Waals surface area contributed by atoms with Crippen molar-refractivity contribution in [2.75, 3.05) is 12.4 Å². The molecule has 8 heteroatoms. The van der Waals surface area contributed by atoms with Crippen molar-refractivity contribution in [3.8, 4) is 5.75 Å². The Morgan fingerprint density at radius 2 is 2.03 bits per heavy atom. The van der Waals surface area contributed by atoms with Crippen molar-refractivity contribution in [2.24, 2.45) is 0 Å². The van der Waals surface area contributed by atoms with Gasteiger partial charge in [0, 0.05) is 24.1 Å². The van der Waals surface area contributed by atoms with E-state index in [0.29, 0.717) is 17.8 Å². The number of hydrogen-bond donors (Lipinski definition) is 2. The molecule has 4 aromatic rings. The summed E-state index contributed by atoms with van der Waals surface area (Å²) in [6, 6.07) is 13.1. The first kappa shape index (κ1) is 22.7. The van der Waals surface area contributed by atoms with Gasteiger partial charge in [-0.25, -0.2) is 9.37 Å². The number of nitrogens with one attached hydrogen (secondary N) is 1. The third kappa shape index (κ3) is 4.28. The van der Waals surface area contributed by atoms with Crippen molar-refractivity contribution in [2.45, 2.75) is 31.8 Å². The topological polar surface area (TPSA) is 92.9 Å². The maximum absolute atomic E-state index is 14.6. The number of hydrogen-bond acceptors (Lipinski definition) is 5. The molecule has 2 aromatic carbocycles. The van der Waals surface area contributed by atoms with Gasteiger partial charge in [0.05, 0.1) is 25.1 Å². The second kappa shape index (κ2) is 8.96. The third-order valence-corrected chi connectivity index (χ3v) is 6.47. The number of halogens is 1. The molecule has 0 bridgehead atoms. The summed E-state index contributed by atoms with van der Waals surface area (Å²) in [7, 11) is 1.57. The Balaban J connectivity index is 1.37. The second-order valence-corrected chi connectivity index (χ2v) is 8.80. The summed E-state index contributed by atoms with van der Waals surface area (Å²) in [6.07, 6.45) is 3.00. The highest BCUT2D eigenvalue weighted by Gasteiger charge is 2.33. The van der Waals surface area contributed by atoms with Gasteiger partial charge in [-0.05, 0) is 66.4 Å². The zero-order valence-corrected chi connectivity index (χ0v) is 19.3. The molecule has 0 radical (unpaired) electrons. The zero-order valence-electron chi connectivity index (χ0n) is 19.3. The summed E-state index contributed by atoms with van der Waals surface area (Å²) >= 11 is 0. The van der Waals surface area contributed by atoms with Crippen molar-refractivity contribution >= 4 is 23.0 Å². The van der Waals surface area contributed by atoms with Gasteiger partial charge in [0.25, 0.3) is 5.91 Å². The fourth-order valence-electron chi connectivity index (χ4n) is 4.61. The molecule has 2 N–H and O–H groups in total. The number of nitrogens with zero attached hydrogens (tertiary/aromatic N) is 2. The predicted molar refractivity (Wildman–Crippen MR) is 129 cm³/mol. The molecule has 0 saturated carbocycles. The summed E-state index contributed by atoms with van der Waals surface area (Å²) in [4.78, 5) is 30.2. The van der Waals surface area contributed by atoms with Gasteiger partial charge in [0.2, 0.25) is 0 Å². The molecular weight excluding hydrogens is 449 g/mol. The molecule has 1 aliphatic rings. The Kier molecular flexibility index (Phi) is 5.82. The Hall–Kier alpha value is -4.04. The highest BCUT2D eigenvalue weighted by atomic mass is 19.1. The molecule has 0 aliphatic heterocycles. The number of aryl methyl sites for hydroxylation is 1. The molecule has 0 spiro atoms. The van der Waals surface area contributed by atoms with Gasteiger partial charge in [-0.1, -0.05) is 12.1 Å². The molecule has 1 amide bonds. The van der Waals surface area contributed by atoms with E-state index in [2.05, 4.69) is 10.3 Å². The third-order valence-electron chi connectivity index (χ3n) is 6.47. The molecule has 2 heterocycles. The fraction of sp³-hybridized carbons (Fsp3) is 0.222. The van der Waals surface area contributed by atoms with E-state index in [0.717, 1.165) is 22.8 Å². The molecule has 5 rings (SSSR count). The summed E-state index contributed by atoms with van der Waals surface area (Å²) in [6.45, 7) is 1.89. The van der Waals surface area contributed by atoms with Crippen LogP contribution in [0.15, 0.2) is 60.9 Å². The first-order valence-corrected chi connectivity index (χ1v) is 11.3. The summed E-state index contributed by atoms with van der Waals surface area (Å²) in [5.41, 5.74) is 3.79. The van der Waals surface area contributed by atoms with E-state index < -0.39 is 23.7 Å². The highest BCUT2D eigenvalue weighted by molar-refractivity contribution is 6.05. The van der Waals surface area contributed by atoms with Gasteiger partial charge < -0.3 is 15.2 Å². The lowest BCUT2D eigenvalue weighted by Gasteiger charge is -2.16. The minimum absolute atomic E-state index is 0.0485. The lowest BCUT2D eigenvalue weighted by atomic mass is 9.91. The number of imidazole rings is 1. The lowest BCUT2D eigenvalue weighted by Crippen LogP contribution is -2.18. The molecule has 0 saturated heterocycles. The molecule has 7 nitrogen and oxygen atoms in total. The molecule has 2 aromatic heterocycles. The zero-order chi connectivity index (χ0) is 24.7. The molecular formula is C27H24FN3O4. The largest absolute Gasteiger partial charge is 0.497 e. The van der Waals surface area contributed by atoms with Crippen molar-refractivity contribution in [3.63, 3.8) is 0 Å². The number of aliphatic hydroxyl groups is 1. The minimum atomic E-state index is -0.695. The van der Waals surface area contributed by atoms with E-state index in [1.807, 2.05) is 31.2 Å². The van der Waals surface area contributed by atoms with Gasteiger partial charge in [-0.15, -0.1) is 0 Å². The van der Waals surface area contributed by atoms with E-state index in [1.165, 1.54) is 18.3 Å². The van der Waals surface area contributed by atoms with Crippen LogP contribution in [0.5, 0.6) is 5.75 Å². The number of benzene rings is 2. The molecule has 1 aliphatic carbocycles. The van der Waals surface area contributed by atoms with E-state index in [9.17, 15) is 19.1 Å². The Bertz CT molecular complexity index is 1460. The number of pyridine rings is 1. The van der Waals surface area contributed by atoms with Crippen LogP contribution in [0.1, 0.15) is 49.9 Å². The number of amides is 1. The van der Waals surface area contributed by atoms with Gasteiger partial charge in [-0.3, -0.25) is 14.0 Å². The maximum atomic E-state index is 14.6. The average molecular weight is 474 g/mol. The van der Waals surface area contributed by atoms with Crippen LogP contribution in [0, 0.1) is 12.7 Å². The van der Waals surface area contributed by atoms with Crippen LogP contribution in [0.2, 0.25) is 0 Å². The van der Waals surface area contributed by atoms with Crippen LogP contribution >= 0.6 is 0 Å². The first-order chi connectivity index (χ1) is 16.8. The van der Waals surface area contributed by atoms with Crippen LogP contribution in [0.3, 0.4) is 0 Å². The monoisotopic (exact) mass is 473 g/mol. The SMILES string of the molecule is COc1ccc2c(c1)[C@@H](CC(=O)c1ccc(F)c(NC(=O)c3cnc4ccc(C)cn34)c1)[C@@H](O)C2. The van der Waals surface area contributed by atoms with Crippen molar-refractivity contribution in [1.29, 1.82) is 0 Å². The fourth-order valence-corrected chi connectivity index (χ4v) is 4.61. The Labute approximate surface area is 201 Å². The van der Waals surface area contributed by atoms with Crippen LogP contribution < -0.4 is 10.1 Å². The van der Waals surface area contributed by atoms with Crippen LogP contribution in [0.25, 0.3) is 5.65 Å². The summed E-state index contributed by atoms with van der Waals surface area (Å²) < 4.78 is 21.5. The van der Waals surface area contributed by atoms with Gasteiger partial charge in [0.1, 0.15) is 22.9 Å². The van der Waals surface area contributed by atoms with Gasteiger partial charge in [0.15, 0.2) is 5.78 Å². The predicted octanol–water partition coefficient (Wildman–Crippen LogP) is 4.32. The van der Waals surface area contributed by atoms with Gasteiger partial charge >= 0.3 is 0 Å². The number of rotatable bonds is 6. The minimum Gasteiger partial charge on any atom is -0.497 e. The number of fused-ring (bicyclic) bond motifs is 2. The number of ether oxygens (including phenoxy) is 1. The normalized spacial score (nSPS) is 16.8. The molecule has 0 unspecified atom stereocenters. The summed E-state index contributed by atoms with van der Waals surface area (Å²) in [5.74, 6) is -1.19. The number of anilines is 1. The van der Waals surface area contributed by atoms with Crippen LogP contribution in [0.4, 0.5) is 10.1 Å². The van der Waals surface area contributed by atoms with Crippen LogP contribution in [-0.4, -0.2) is 39.4 Å². The number of aliphatic hydroxyl groups excluding tert-OH is 1. The summed E-state index contributed by atoms with van der Waals surface area (Å²) in [5, 5.41) is 13.1. The van der Waals surface area contributed by atoms with Crippen molar-refractivity contribution in [3.05, 3.63) is 94.7 Å². The number of Topliss-reactive ketones (excluding diaryl/α,β-unsaturated/α-hetero) is 1. The number of methoxy groups -OCH3 is 1. The first-order valence-electron chi connectivity index (χ1n) is 11.3. The highest BCUT2D eigenvalue weighted by Crippen LogP contribution is 2.38. The van der Waals surface area contributed by atoms with E-state index in [4.69, 9.17) is 4.74 Å². The molecule has 2 atom stereocenters. The number of ketones is 1. The maximum Gasteiger partial charge on any atom is 0.274 e. The Morgan fingerprint density at radius 1 is 1.20 bits per heavy atom. The van der Waals surface area contributed by atoms with E-state index >= 15 is 0 Å². The average Bonchev–Trinajstić information content (AvgIpc) is 3.40. The van der Waals surface area contributed by atoms with Gasteiger partial charge in [-0.2, -0.15) is 0 Å². The van der Waals surface area contributed by atoms with E-state index in [-0.39, 0.29) is 29.1 Å². The van der Waals surface area contributed by atoms with E-state index in [1.54, 1.807) is 23.8 Å². The smallest absolute Gasteiger partial charge is 0.274 e. The molecule has 178 valence electrons. The molecule has 35 heavy (non-hydrogen) atoms. The lowest BCUT2D eigenvalue weighted by molar-refractivity contribution is 0.0920. The molecule has 0 fully saturated rings. The number of aromatic nitrogens is 2.